The fourth-order valence-corrected chi connectivity index (χ4v) is 3.25. The van der Waals surface area contributed by atoms with Gasteiger partial charge < -0.3 is 4.74 Å². The summed E-state index contributed by atoms with van der Waals surface area (Å²) in [6.45, 7) is 2.50. The molecule has 4 heteroatoms. The predicted molar refractivity (Wildman–Crippen MR) is 73.6 cm³/mol. The fourth-order valence-electron chi connectivity index (χ4n) is 3.25. The molecule has 0 bridgehead atoms. The standard InChI is InChI=1S/C16H16N2O2/c1-16-10-18(2)14(11-6-4-3-5-7-11)8-13(16)12(9-17)15(19)20-16/h3-7,14H,8,10H2,1-2H3. The number of benzene rings is 1. The summed E-state index contributed by atoms with van der Waals surface area (Å²) in [5.74, 6) is -0.480. The van der Waals surface area contributed by atoms with Gasteiger partial charge in [-0.05, 0) is 26.0 Å². The van der Waals surface area contributed by atoms with Crippen LogP contribution in [0.1, 0.15) is 24.9 Å². The van der Waals surface area contributed by atoms with Crippen LogP contribution in [0.4, 0.5) is 0 Å². The largest absolute Gasteiger partial charge is 0.449 e. The molecule has 1 saturated heterocycles. The zero-order valence-electron chi connectivity index (χ0n) is 11.6. The zero-order chi connectivity index (χ0) is 14.3. The zero-order valence-corrected chi connectivity index (χ0v) is 11.6. The number of nitriles is 1. The van der Waals surface area contributed by atoms with Crippen molar-refractivity contribution in [3.8, 4) is 6.07 Å². The van der Waals surface area contributed by atoms with E-state index in [9.17, 15) is 10.1 Å². The Morgan fingerprint density at radius 3 is 2.75 bits per heavy atom. The molecular weight excluding hydrogens is 252 g/mol. The number of likely N-dealkylation sites (N-methyl/N-ethyl adjacent to an activating group) is 1. The smallest absolute Gasteiger partial charge is 0.349 e. The summed E-state index contributed by atoms with van der Waals surface area (Å²) in [5, 5.41) is 9.19. The molecule has 2 heterocycles. The third kappa shape index (κ3) is 1.83. The Balaban J connectivity index is 2.02. The molecule has 0 aliphatic carbocycles. The quantitative estimate of drug-likeness (QED) is 0.733. The van der Waals surface area contributed by atoms with Crippen LogP contribution in [-0.4, -0.2) is 30.1 Å². The van der Waals surface area contributed by atoms with Crippen molar-refractivity contribution >= 4 is 5.97 Å². The van der Waals surface area contributed by atoms with E-state index in [2.05, 4.69) is 17.0 Å². The summed E-state index contributed by atoms with van der Waals surface area (Å²) in [4.78, 5) is 14.0. The maximum absolute atomic E-state index is 11.8. The highest BCUT2D eigenvalue weighted by Crippen LogP contribution is 2.44. The number of ether oxygens (including phenoxy) is 1. The summed E-state index contributed by atoms with van der Waals surface area (Å²) in [6.07, 6.45) is 0.658. The van der Waals surface area contributed by atoms with Crippen LogP contribution in [0, 0.1) is 11.3 Å². The first-order chi connectivity index (χ1) is 9.55. The molecule has 2 aliphatic rings. The SMILES string of the molecule is CN1CC2(C)OC(=O)C(C#N)=C2CC1c1ccccc1. The van der Waals surface area contributed by atoms with Crippen LogP contribution in [-0.2, 0) is 9.53 Å². The number of nitrogens with zero attached hydrogens (tertiary/aromatic N) is 2. The second kappa shape index (κ2) is 4.46. The third-order valence-corrected chi connectivity index (χ3v) is 4.24. The molecule has 3 rings (SSSR count). The van der Waals surface area contributed by atoms with Gasteiger partial charge in [0.2, 0.25) is 0 Å². The van der Waals surface area contributed by atoms with Gasteiger partial charge in [-0.3, -0.25) is 4.90 Å². The Kier molecular flexibility index (Phi) is 2.88. The van der Waals surface area contributed by atoms with Gasteiger partial charge in [0.15, 0.2) is 0 Å². The molecule has 0 spiro atoms. The lowest BCUT2D eigenvalue weighted by Crippen LogP contribution is -2.47. The second-order valence-electron chi connectivity index (χ2n) is 5.63. The van der Waals surface area contributed by atoms with Crippen molar-refractivity contribution in [2.45, 2.75) is 25.0 Å². The number of esters is 1. The van der Waals surface area contributed by atoms with Crippen molar-refractivity contribution in [3.05, 3.63) is 47.0 Å². The maximum atomic E-state index is 11.8. The molecule has 20 heavy (non-hydrogen) atoms. The molecule has 102 valence electrons. The van der Waals surface area contributed by atoms with Gasteiger partial charge in [-0.15, -0.1) is 0 Å². The van der Waals surface area contributed by atoms with Crippen LogP contribution in [0.5, 0.6) is 0 Å². The number of rotatable bonds is 1. The summed E-state index contributed by atoms with van der Waals surface area (Å²) in [6, 6.07) is 12.3. The third-order valence-electron chi connectivity index (χ3n) is 4.24. The summed E-state index contributed by atoms with van der Waals surface area (Å²) in [5.41, 5.74) is 1.59. The van der Waals surface area contributed by atoms with Gasteiger partial charge in [-0.2, -0.15) is 5.26 Å². The van der Waals surface area contributed by atoms with E-state index in [0.29, 0.717) is 13.0 Å². The van der Waals surface area contributed by atoms with Crippen LogP contribution in [0.3, 0.4) is 0 Å². The van der Waals surface area contributed by atoms with E-state index in [-0.39, 0.29) is 11.6 Å². The van der Waals surface area contributed by atoms with Gasteiger partial charge >= 0.3 is 5.97 Å². The molecule has 0 saturated carbocycles. The Morgan fingerprint density at radius 2 is 2.10 bits per heavy atom. The predicted octanol–water partition coefficient (Wildman–Crippen LogP) is 2.20. The molecule has 1 fully saturated rings. The number of hydrogen-bond donors (Lipinski definition) is 0. The van der Waals surface area contributed by atoms with E-state index in [1.165, 1.54) is 5.56 Å². The lowest BCUT2D eigenvalue weighted by Gasteiger charge is -2.42. The monoisotopic (exact) mass is 268 g/mol. The van der Waals surface area contributed by atoms with Gasteiger partial charge in [0.1, 0.15) is 17.2 Å². The minimum atomic E-state index is -0.651. The number of piperidine rings is 1. The molecule has 1 aromatic carbocycles. The molecule has 2 aliphatic heterocycles. The highest BCUT2D eigenvalue weighted by atomic mass is 16.6. The van der Waals surface area contributed by atoms with Gasteiger partial charge in [0.25, 0.3) is 0 Å². The van der Waals surface area contributed by atoms with Crippen LogP contribution in [0.15, 0.2) is 41.5 Å². The molecule has 0 amide bonds. The number of carbonyl (C=O) groups excluding carboxylic acids is 1. The normalized spacial score (nSPS) is 29.9. The van der Waals surface area contributed by atoms with E-state index in [0.717, 1.165) is 5.57 Å². The highest BCUT2D eigenvalue weighted by Gasteiger charge is 2.49. The van der Waals surface area contributed by atoms with Crippen molar-refractivity contribution in [1.29, 1.82) is 5.26 Å². The van der Waals surface area contributed by atoms with E-state index in [4.69, 9.17) is 4.74 Å². The van der Waals surface area contributed by atoms with Crippen LogP contribution >= 0.6 is 0 Å². The summed E-state index contributed by atoms with van der Waals surface area (Å²) < 4.78 is 5.43. The lowest BCUT2D eigenvalue weighted by molar-refractivity contribution is -0.148. The molecular formula is C16H16N2O2. The molecule has 0 N–H and O–H groups in total. The van der Waals surface area contributed by atoms with E-state index >= 15 is 0 Å². The first-order valence-electron chi connectivity index (χ1n) is 6.67. The van der Waals surface area contributed by atoms with Crippen molar-refractivity contribution < 1.29 is 9.53 Å². The molecule has 1 aromatic rings. The fraction of sp³-hybridized carbons (Fsp3) is 0.375. The van der Waals surface area contributed by atoms with Crippen molar-refractivity contribution in [2.24, 2.45) is 0 Å². The van der Waals surface area contributed by atoms with Crippen molar-refractivity contribution in [3.63, 3.8) is 0 Å². The molecule has 0 radical (unpaired) electrons. The van der Waals surface area contributed by atoms with Gasteiger partial charge in [-0.1, -0.05) is 30.3 Å². The minimum Gasteiger partial charge on any atom is -0.449 e. The number of carbonyl (C=O) groups is 1. The number of likely N-dealkylation sites (tertiary alicyclic amines) is 1. The minimum absolute atomic E-state index is 0.178. The van der Waals surface area contributed by atoms with Gasteiger partial charge in [0.05, 0.1) is 0 Å². The topological polar surface area (TPSA) is 53.3 Å². The highest BCUT2D eigenvalue weighted by molar-refractivity contribution is 5.97. The molecule has 2 atom stereocenters. The van der Waals surface area contributed by atoms with Gasteiger partial charge in [-0.25, -0.2) is 4.79 Å². The van der Waals surface area contributed by atoms with E-state index < -0.39 is 11.6 Å². The second-order valence-corrected chi connectivity index (χ2v) is 5.63. The van der Waals surface area contributed by atoms with E-state index in [1.54, 1.807) is 0 Å². The maximum Gasteiger partial charge on any atom is 0.349 e. The first kappa shape index (κ1) is 12.9. The Morgan fingerprint density at radius 1 is 1.40 bits per heavy atom. The van der Waals surface area contributed by atoms with Crippen LogP contribution in [0.2, 0.25) is 0 Å². The molecule has 0 aromatic heterocycles. The average Bonchev–Trinajstić information content (AvgIpc) is 2.67. The molecule has 2 unspecified atom stereocenters. The van der Waals surface area contributed by atoms with Gasteiger partial charge in [0, 0.05) is 18.2 Å². The Hall–Kier alpha value is -2.12. The Bertz CT molecular complexity index is 630. The summed E-state index contributed by atoms with van der Waals surface area (Å²) >= 11 is 0. The Labute approximate surface area is 118 Å². The van der Waals surface area contributed by atoms with Crippen molar-refractivity contribution in [2.75, 3.05) is 13.6 Å². The first-order valence-corrected chi connectivity index (χ1v) is 6.67. The van der Waals surface area contributed by atoms with Crippen LogP contribution < -0.4 is 0 Å². The van der Waals surface area contributed by atoms with E-state index in [1.807, 2.05) is 38.2 Å². The lowest BCUT2D eigenvalue weighted by atomic mass is 9.81. The average molecular weight is 268 g/mol. The number of hydrogen-bond acceptors (Lipinski definition) is 4. The van der Waals surface area contributed by atoms with Crippen LogP contribution in [0.25, 0.3) is 0 Å². The number of fused-ring (bicyclic) bond motifs is 1. The summed E-state index contributed by atoms with van der Waals surface area (Å²) in [7, 11) is 2.03. The van der Waals surface area contributed by atoms with Crippen molar-refractivity contribution in [1.82, 2.24) is 4.90 Å². The molecule has 4 nitrogen and oxygen atoms in total.